The van der Waals surface area contributed by atoms with Crippen LogP contribution >= 0.6 is 11.3 Å². The number of carbonyl (C=O) groups excluding carboxylic acids is 2. The van der Waals surface area contributed by atoms with Crippen LogP contribution in [0.1, 0.15) is 22.9 Å². The van der Waals surface area contributed by atoms with Gasteiger partial charge >= 0.3 is 11.9 Å². The highest BCUT2D eigenvalue weighted by atomic mass is 32.1. The number of esters is 1. The van der Waals surface area contributed by atoms with Crippen molar-refractivity contribution in [3.8, 4) is 0 Å². The van der Waals surface area contributed by atoms with E-state index < -0.39 is 23.9 Å². The van der Waals surface area contributed by atoms with Crippen molar-refractivity contribution in [3.63, 3.8) is 0 Å². The molecule has 2 aliphatic rings. The van der Waals surface area contributed by atoms with E-state index in [9.17, 15) is 14.4 Å². The molecular formula is C26H30N2O7S. The van der Waals surface area contributed by atoms with Gasteiger partial charge in [-0.2, -0.15) is 0 Å². The predicted octanol–water partition coefficient (Wildman–Crippen LogP) is 2.49. The van der Waals surface area contributed by atoms with Crippen LogP contribution in [0.25, 0.3) is 0 Å². The third-order valence-corrected chi connectivity index (χ3v) is 7.16. The van der Waals surface area contributed by atoms with Crippen molar-refractivity contribution < 1.29 is 33.7 Å². The molecule has 3 heterocycles. The quantitative estimate of drug-likeness (QED) is 0.159. The van der Waals surface area contributed by atoms with Crippen LogP contribution in [0.15, 0.2) is 59.5 Å². The Morgan fingerprint density at radius 1 is 1.17 bits per heavy atom. The van der Waals surface area contributed by atoms with E-state index >= 15 is 0 Å². The van der Waals surface area contributed by atoms with E-state index in [1.807, 2.05) is 52.7 Å². The average Bonchev–Trinajstić information content (AvgIpc) is 3.54. The smallest absolute Gasteiger partial charge is 0.345 e. The Labute approximate surface area is 213 Å². The summed E-state index contributed by atoms with van der Waals surface area (Å²) in [4.78, 5) is 40.6. The first-order valence-corrected chi connectivity index (χ1v) is 12.8. The Morgan fingerprint density at radius 2 is 1.94 bits per heavy atom. The fourth-order valence-electron chi connectivity index (χ4n) is 4.50. The van der Waals surface area contributed by atoms with E-state index in [-0.39, 0.29) is 18.4 Å². The molecule has 0 saturated carbocycles. The fraction of sp³-hybridized carbons (Fsp3) is 0.423. The summed E-state index contributed by atoms with van der Waals surface area (Å²) in [5, 5.41) is 11.0. The van der Waals surface area contributed by atoms with E-state index in [4.69, 9.17) is 19.3 Å². The van der Waals surface area contributed by atoms with E-state index in [0.29, 0.717) is 32.3 Å². The molecule has 0 radical (unpaired) electrons. The minimum Gasteiger partial charge on any atom is -0.478 e. The Morgan fingerprint density at radius 3 is 2.61 bits per heavy atom. The Balaban J connectivity index is 1.57. The number of aldehydes is 1. The molecule has 1 aromatic carbocycles. The lowest BCUT2D eigenvalue weighted by atomic mass is 10.0. The number of ether oxygens (including phenoxy) is 3. The molecule has 0 amide bonds. The second-order valence-corrected chi connectivity index (χ2v) is 9.71. The normalized spacial score (nSPS) is 22.3. The standard InChI is InChI=1S/C26H30N2O7S/c29-18-20(15-24(30)31)25(32)35-26-28(17-21(34-26)16-22-7-4-14-36-22)23(19-5-2-1-3-6-19)8-9-27-10-12-33-13-11-27/h1-7,14-15,18,21,23,26H,8-13,16-17H2,(H,30,31)/b20-15+. The van der Waals surface area contributed by atoms with Crippen LogP contribution in [-0.2, 0) is 35.0 Å². The monoisotopic (exact) mass is 514 g/mol. The second-order valence-electron chi connectivity index (χ2n) is 8.68. The summed E-state index contributed by atoms with van der Waals surface area (Å²) >= 11 is 1.63. The van der Waals surface area contributed by atoms with Crippen molar-refractivity contribution in [3.05, 3.63) is 69.9 Å². The third kappa shape index (κ3) is 7.08. The Bertz CT molecular complexity index is 1040. The molecule has 0 bridgehead atoms. The maximum Gasteiger partial charge on any atom is 0.345 e. The van der Waals surface area contributed by atoms with Crippen LogP contribution in [0, 0.1) is 0 Å². The maximum atomic E-state index is 12.7. The number of benzene rings is 1. The number of rotatable bonds is 11. The second kappa shape index (κ2) is 12.9. The minimum atomic E-state index is -1.40. The molecule has 10 heteroatoms. The van der Waals surface area contributed by atoms with Crippen molar-refractivity contribution in [1.29, 1.82) is 0 Å². The van der Waals surface area contributed by atoms with Gasteiger partial charge in [0.1, 0.15) is 5.57 Å². The highest BCUT2D eigenvalue weighted by molar-refractivity contribution is 7.09. The van der Waals surface area contributed by atoms with Gasteiger partial charge in [-0.1, -0.05) is 36.4 Å². The summed E-state index contributed by atoms with van der Waals surface area (Å²) in [7, 11) is 0. The molecule has 2 saturated heterocycles. The molecule has 2 aromatic rings. The first-order chi connectivity index (χ1) is 17.5. The summed E-state index contributed by atoms with van der Waals surface area (Å²) in [5.74, 6) is -2.43. The lowest BCUT2D eigenvalue weighted by Crippen LogP contribution is -2.41. The number of thiophene rings is 1. The van der Waals surface area contributed by atoms with Crippen molar-refractivity contribution in [2.45, 2.75) is 31.4 Å². The summed E-state index contributed by atoms with van der Waals surface area (Å²) in [6.07, 6.45) is 0.849. The summed E-state index contributed by atoms with van der Waals surface area (Å²) in [6, 6.07) is 13.9. The van der Waals surface area contributed by atoms with Gasteiger partial charge in [0, 0.05) is 49.6 Å². The fourth-order valence-corrected chi connectivity index (χ4v) is 5.28. The van der Waals surface area contributed by atoms with E-state index in [1.165, 1.54) is 0 Å². The van der Waals surface area contributed by atoms with Gasteiger partial charge in [0.05, 0.1) is 19.3 Å². The Hall–Kier alpha value is -2.89. The minimum absolute atomic E-state index is 0.122. The summed E-state index contributed by atoms with van der Waals surface area (Å²) < 4.78 is 17.2. The van der Waals surface area contributed by atoms with Gasteiger partial charge in [0.25, 0.3) is 6.41 Å². The first kappa shape index (κ1) is 26.2. The number of carboxylic acid groups (broad SMARTS) is 1. The number of aliphatic carboxylic acids is 1. The number of carboxylic acids is 1. The van der Waals surface area contributed by atoms with E-state index in [2.05, 4.69) is 4.90 Å². The molecule has 192 valence electrons. The summed E-state index contributed by atoms with van der Waals surface area (Å²) in [6.45, 7) is 4.47. The number of hydrogen-bond donors (Lipinski definition) is 1. The molecular weight excluding hydrogens is 484 g/mol. The van der Waals surface area contributed by atoms with Gasteiger partial charge in [0.2, 0.25) is 0 Å². The van der Waals surface area contributed by atoms with E-state index in [1.54, 1.807) is 11.3 Å². The van der Waals surface area contributed by atoms with Crippen molar-refractivity contribution >= 4 is 29.6 Å². The maximum absolute atomic E-state index is 12.7. The van der Waals surface area contributed by atoms with Gasteiger partial charge < -0.3 is 19.3 Å². The molecule has 36 heavy (non-hydrogen) atoms. The van der Waals surface area contributed by atoms with Crippen molar-refractivity contribution in [2.75, 3.05) is 39.4 Å². The van der Waals surface area contributed by atoms with Gasteiger partial charge in [-0.25, -0.2) is 14.5 Å². The van der Waals surface area contributed by atoms with Crippen LogP contribution in [-0.4, -0.2) is 85.0 Å². The molecule has 2 fully saturated rings. The third-order valence-electron chi connectivity index (χ3n) is 6.26. The highest BCUT2D eigenvalue weighted by Gasteiger charge is 2.41. The van der Waals surface area contributed by atoms with Crippen molar-refractivity contribution in [2.24, 2.45) is 0 Å². The number of carbonyl (C=O) groups is 3. The van der Waals surface area contributed by atoms with Crippen LogP contribution in [0.3, 0.4) is 0 Å². The van der Waals surface area contributed by atoms with Crippen LogP contribution in [0.4, 0.5) is 0 Å². The van der Waals surface area contributed by atoms with Crippen LogP contribution in [0.5, 0.6) is 0 Å². The summed E-state index contributed by atoms with van der Waals surface area (Å²) in [5.41, 5.74) is 0.487. The lowest BCUT2D eigenvalue weighted by molar-refractivity contribution is -0.201. The lowest BCUT2D eigenvalue weighted by Gasteiger charge is -2.34. The van der Waals surface area contributed by atoms with Crippen molar-refractivity contribution in [1.82, 2.24) is 9.80 Å². The average molecular weight is 515 g/mol. The molecule has 0 spiro atoms. The predicted molar refractivity (Wildman–Crippen MR) is 132 cm³/mol. The topological polar surface area (TPSA) is 106 Å². The molecule has 3 atom stereocenters. The zero-order valence-corrected chi connectivity index (χ0v) is 20.7. The zero-order valence-electron chi connectivity index (χ0n) is 19.9. The Kier molecular flexibility index (Phi) is 9.37. The molecule has 1 aromatic heterocycles. The zero-order chi connectivity index (χ0) is 25.3. The SMILES string of the molecule is O=C/C(=C\C(=O)O)C(=O)OC1OC(Cc2cccs2)CN1C(CCN1CCOCC1)c1ccccc1. The molecule has 1 N–H and O–H groups in total. The molecule has 3 unspecified atom stereocenters. The number of hydrogen-bond acceptors (Lipinski definition) is 9. The van der Waals surface area contributed by atoms with Gasteiger partial charge in [-0.3, -0.25) is 9.69 Å². The van der Waals surface area contributed by atoms with E-state index in [0.717, 1.165) is 36.5 Å². The number of nitrogens with zero attached hydrogens (tertiary/aromatic N) is 2. The molecule has 0 aliphatic carbocycles. The van der Waals surface area contributed by atoms with Crippen LogP contribution < -0.4 is 0 Å². The molecule has 9 nitrogen and oxygen atoms in total. The van der Waals surface area contributed by atoms with Gasteiger partial charge in [-0.05, 0) is 23.4 Å². The number of morpholine rings is 1. The van der Waals surface area contributed by atoms with Crippen LogP contribution in [0.2, 0.25) is 0 Å². The van der Waals surface area contributed by atoms with Gasteiger partial charge in [-0.15, -0.1) is 11.3 Å². The highest BCUT2D eigenvalue weighted by Crippen LogP contribution is 2.34. The van der Waals surface area contributed by atoms with Gasteiger partial charge in [0.15, 0.2) is 6.29 Å². The molecule has 4 rings (SSSR count). The first-order valence-electron chi connectivity index (χ1n) is 11.9. The largest absolute Gasteiger partial charge is 0.478 e. The molecule has 2 aliphatic heterocycles.